The molecule has 0 atom stereocenters. The molecule has 0 aliphatic heterocycles. The van der Waals surface area contributed by atoms with Crippen LogP contribution in [0.2, 0.25) is 0 Å². The third kappa shape index (κ3) is 2.29. The van der Waals surface area contributed by atoms with Crippen LogP contribution in [0.15, 0.2) is 35.1 Å². The summed E-state index contributed by atoms with van der Waals surface area (Å²) in [5, 5.41) is 0. The molecule has 0 fully saturated rings. The van der Waals surface area contributed by atoms with Gasteiger partial charge in [0, 0.05) is 23.4 Å². The van der Waals surface area contributed by atoms with E-state index in [1.165, 1.54) is 11.1 Å². The lowest BCUT2D eigenvalue weighted by molar-refractivity contribution is 0.761. The van der Waals surface area contributed by atoms with Crippen molar-refractivity contribution in [3.63, 3.8) is 0 Å². The molecule has 2 nitrogen and oxygen atoms in total. The first kappa shape index (κ1) is 10.4. The predicted molar refractivity (Wildman–Crippen MR) is 64.9 cm³/mol. The van der Waals surface area contributed by atoms with Crippen molar-refractivity contribution < 1.29 is 0 Å². The van der Waals surface area contributed by atoms with Crippen LogP contribution in [0.25, 0.3) is 0 Å². The Morgan fingerprint density at radius 1 is 1.33 bits per heavy atom. The number of nitrogens with zero attached hydrogens (tertiary/aromatic N) is 2. The molecule has 0 N–H and O–H groups in total. The highest BCUT2D eigenvalue weighted by Crippen LogP contribution is 2.18. The van der Waals surface area contributed by atoms with Crippen molar-refractivity contribution >= 4 is 15.9 Å². The summed E-state index contributed by atoms with van der Waals surface area (Å²) in [5.74, 6) is 1.05. The molecule has 3 heteroatoms. The number of hydrogen-bond acceptors (Lipinski definition) is 1. The van der Waals surface area contributed by atoms with E-state index in [0.717, 1.165) is 16.8 Å². The van der Waals surface area contributed by atoms with Gasteiger partial charge < -0.3 is 4.57 Å². The zero-order valence-electron chi connectivity index (χ0n) is 8.87. The lowest BCUT2D eigenvalue weighted by Crippen LogP contribution is -2.00. The summed E-state index contributed by atoms with van der Waals surface area (Å²) < 4.78 is 3.30. The van der Waals surface area contributed by atoms with E-state index in [4.69, 9.17) is 0 Å². The highest BCUT2D eigenvalue weighted by atomic mass is 79.9. The summed E-state index contributed by atoms with van der Waals surface area (Å²) in [5.41, 5.74) is 2.55. The fourth-order valence-corrected chi connectivity index (χ4v) is 1.93. The van der Waals surface area contributed by atoms with Gasteiger partial charge in [-0.25, -0.2) is 4.98 Å². The first-order valence-electron chi connectivity index (χ1n) is 4.89. The number of hydrogen-bond donors (Lipinski definition) is 0. The molecule has 0 saturated heterocycles. The molecule has 0 saturated carbocycles. The second kappa shape index (κ2) is 4.19. The van der Waals surface area contributed by atoms with E-state index >= 15 is 0 Å². The van der Waals surface area contributed by atoms with Crippen molar-refractivity contribution in [2.24, 2.45) is 0 Å². The van der Waals surface area contributed by atoms with Gasteiger partial charge in [-0.15, -0.1) is 0 Å². The largest absolute Gasteiger partial charge is 0.331 e. The van der Waals surface area contributed by atoms with Gasteiger partial charge in [-0.3, -0.25) is 0 Å². The molecular weight excluding hydrogens is 252 g/mol. The number of imidazole rings is 1. The van der Waals surface area contributed by atoms with E-state index < -0.39 is 0 Å². The summed E-state index contributed by atoms with van der Waals surface area (Å²) in [6, 6.07) is 6.44. The average molecular weight is 265 g/mol. The Labute approximate surface area is 98.1 Å². The van der Waals surface area contributed by atoms with Crippen molar-refractivity contribution in [1.29, 1.82) is 0 Å². The molecule has 0 unspecified atom stereocenters. The Morgan fingerprint density at radius 3 is 2.73 bits per heavy atom. The predicted octanol–water partition coefficient (Wildman–Crippen LogP) is 3.31. The van der Waals surface area contributed by atoms with E-state index in [-0.39, 0.29) is 0 Å². The van der Waals surface area contributed by atoms with Gasteiger partial charge in [0.1, 0.15) is 5.82 Å². The molecule has 2 rings (SSSR count). The number of aryl methyl sites for hydroxylation is 2. The fourth-order valence-electron chi connectivity index (χ4n) is 1.50. The smallest absolute Gasteiger partial charge is 0.105 e. The van der Waals surface area contributed by atoms with Gasteiger partial charge >= 0.3 is 0 Å². The molecule has 0 amide bonds. The summed E-state index contributed by atoms with van der Waals surface area (Å²) >= 11 is 3.54. The van der Waals surface area contributed by atoms with Gasteiger partial charge in [0.15, 0.2) is 0 Å². The second-order valence-corrected chi connectivity index (χ2v) is 4.54. The number of aromatic nitrogens is 2. The Kier molecular flexibility index (Phi) is 2.91. The number of halogens is 1. The van der Waals surface area contributed by atoms with Crippen LogP contribution in [-0.2, 0) is 6.54 Å². The number of rotatable bonds is 2. The van der Waals surface area contributed by atoms with Crippen molar-refractivity contribution in [1.82, 2.24) is 9.55 Å². The lowest BCUT2D eigenvalue weighted by atomic mass is 10.1. The van der Waals surface area contributed by atoms with E-state index in [2.05, 4.69) is 50.6 Å². The molecule has 15 heavy (non-hydrogen) atoms. The minimum atomic E-state index is 0.880. The first-order chi connectivity index (χ1) is 7.16. The zero-order valence-corrected chi connectivity index (χ0v) is 10.5. The van der Waals surface area contributed by atoms with E-state index in [9.17, 15) is 0 Å². The molecule has 0 spiro atoms. The molecule has 0 aliphatic carbocycles. The quantitative estimate of drug-likeness (QED) is 0.814. The minimum Gasteiger partial charge on any atom is -0.331 e. The van der Waals surface area contributed by atoms with Gasteiger partial charge in [-0.1, -0.05) is 28.1 Å². The number of benzene rings is 1. The SMILES string of the molecule is Cc1ccc(Cn2ccnc2C)cc1Br. The Balaban J connectivity index is 2.25. The Morgan fingerprint density at radius 2 is 2.13 bits per heavy atom. The highest BCUT2D eigenvalue weighted by Gasteiger charge is 2.00. The van der Waals surface area contributed by atoms with Crippen LogP contribution in [0.5, 0.6) is 0 Å². The van der Waals surface area contributed by atoms with Gasteiger partial charge in [0.2, 0.25) is 0 Å². The van der Waals surface area contributed by atoms with Crippen LogP contribution in [0.1, 0.15) is 17.0 Å². The molecule has 0 radical (unpaired) electrons. The van der Waals surface area contributed by atoms with Crippen LogP contribution < -0.4 is 0 Å². The summed E-state index contributed by atoms with van der Waals surface area (Å²) in [6.45, 7) is 4.99. The van der Waals surface area contributed by atoms with Gasteiger partial charge in [0.05, 0.1) is 0 Å². The standard InChI is InChI=1S/C12H13BrN2/c1-9-3-4-11(7-12(9)13)8-15-6-5-14-10(15)2/h3-7H,8H2,1-2H3. The van der Waals surface area contributed by atoms with Crippen molar-refractivity contribution in [3.8, 4) is 0 Å². The van der Waals surface area contributed by atoms with Crippen LogP contribution >= 0.6 is 15.9 Å². The maximum atomic E-state index is 4.20. The average Bonchev–Trinajstić information content (AvgIpc) is 2.59. The highest BCUT2D eigenvalue weighted by molar-refractivity contribution is 9.10. The van der Waals surface area contributed by atoms with Crippen molar-refractivity contribution in [2.75, 3.05) is 0 Å². The molecule has 0 bridgehead atoms. The van der Waals surface area contributed by atoms with Crippen LogP contribution in [0.4, 0.5) is 0 Å². The monoisotopic (exact) mass is 264 g/mol. The summed E-state index contributed by atoms with van der Waals surface area (Å²) in [7, 11) is 0. The molecular formula is C12H13BrN2. The molecule has 1 heterocycles. The Bertz CT molecular complexity index is 474. The van der Waals surface area contributed by atoms with Gasteiger partial charge in [-0.2, -0.15) is 0 Å². The van der Waals surface area contributed by atoms with Crippen LogP contribution in [0.3, 0.4) is 0 Å². The van der Waals surface area contributed by atoms with Crippen LogP contribution in [0, 0.1) is 13.8 Å². The van der Waals surface area contributed by atoms with Crippen LogP contribution in [-0.4, -0.2) is 9.55 Å². The zero-order chi connectivity index (χ0) is 10.8. The van der Waals surface area contributed by atoms with Crippen molar-refractivity contribution in [3.05, 3.63) is 52.0 Å². The normalized spacial score (nSPS) is 10.6. The summed E-state index contributed by atoms with van der Waals surface area (Å²) in [4.78, 5) is 4.20. The van der Waals surface area contributed by atoms with Crippen molar-refractivity contribution in [2.45, 2.75) is 20.4 Å². The van der Waals surface area contributed by atoms with E-state index in [1.807, 2.05) is 19.3 Å². The Hall–Kier alpha value is -1.09. The molecule has 0 aliphatic rings. The molecule has 1 aromatic carbocycles. The summed E-state index contributed by atoms with van der Waals surface area (Å²) in [6.07, 6.45) is 3.83. The molecule has 78 valence electrons. The third-order valence-corrected chi connectivity index (χ3v) is 3.37. The molecule has 1 aromatic heterocycles. The van der Waals surface area contributed by atoms with E-state index in [0.29, 0.717) is 0 Å². The molecule has 2 aromatic rings. The van der Waals surface area contributed by atoms with Gasteiger partial charge in [0.25, 0.3) is 0 Å². The first-order valence-corrected chi connectivity index (χ1v) is 5.69. The minimum absolute atomic E-state index is 0.880. The van der Waals surface area contributed by atoms with E-state index in [1.54, 1.807) is 0 Å². The van der Waals surface area contributed by atoms with Gasteiger partial charge in [-0.05, 0) is 31.0 Å². The topological polar surface area (TPSA) is 17.8 Å². The lowest BCUT2D eigenvalue weighted by Gasteiger charge is -2.06. The fraction of sp³-hybridized carbons (Fsp3) is 0.250. The third-order valence-electron chi connectivity index (χ3n) is 2.51. The maximum Gasteiger partial charge on any atom is 0.105 e. The second-order valence-electron chi connectivity index (χ2n) is 3.69. The maximum absolute atomic E-state index is 4.20.